The number of aryl methyl sites for hydroxylation is 1. The van der Waals surface area contributed by atoms with Gasteiger partial charge in [0.25, 0.3) is 0 Å². The van der Waals surface area contributed by atoms with Crippen LogP contribution in [0.5, 0.6) is 0 Å². The van der Waals surface area contributed by atoms with Gasteiger partial charge in [-0.25, -0.2) is 9.18 Å². The molecule has 218 valence electrons. The molecule has 7 nitrogen and oxygen atoms in total. The first-order valence-corrected chi connectivity index (χ1v) is 15.4. The summed E-state index contributed by atoms with van der Waals surface area (Å²) in [4.78, 5) is 36.0. The summed E-state index contributed by atoms with van der Waals surface area (Å²) in [7, 11) is 0. The van der Waals surface area contributed by atoms with Gasteiger partial charge in [-0.05, 0) is 80.3 Å². The van der Waals surface area contributed by atoms with Gasteiger partial charge in [0, 0.05) is 40.1 Å². The number of anilines is 2. The number of amides is 3. The Morgan fingerprint density at radius 1 is 0.929 bits per heavy atom. The van der Waals surface area contributed by atoms with Crippen LogP contribution < -0.4 is 15.5 Å². The monoisotopic (exact) mass is 631 g/mol. The molecule has 0 radical (unpaired) electrons. The van der Waals surface area contributed by atoms with Gasteiger partial charge in [-0.2, -0.15) is 0 Å². The fourth-order valence-electron chi connectivity index (χ4n) is 6.57. The van der Waals surface area contributed by atoms with Crippen molar-refractivity contribution in [3.05, 3.63) is 93.7 Å². The number of carbonyl (C=O) groups excluding carboxylic acids is 2. The number of benzene rings is 3. The lowest BCUT2D eigenvalue weighted by atomic mass is 9.84. The van der Waals surface area contributed by atoms with E-state index in [0.29, 0.717) is 28.8 Å². The number of para-hydroxylation sites is 1. The number of nitrogens with one attached hydrogen (secondary N) is 2. The number of aliphatic imine (C=N–C) groups is 1. The van der Waals surface area contributed by atoms with E-state index in [9.17, 15) is 9.59 Å². The van der Waals surface area contributed by atoms with Crippen LogP contribution >= 0.6 is 15.9 Å². The van der Waals surface area contributed by atoms with Gasteiger partial charge in [0.05, 0.1) is 18.8 Å². The van der Waals surface area contributed by atoms with Crippen molar-refractivity contribution in [2.75, 3.05) is 36.4 Å². The molecule has 4 aliphatic rings. The van der Waals surface area contributed by atoms with E-state index >= 15 is 4.39 Å². The zero-order chi connectivity index (χ0) is 29.2. The molecule has 3 aromatic rings. The standard InChI is InChI=1S/C33H35BrFN5O2/c1-21-6-4-10-27-31(26-9-2-3-11-28(26)35)37-29(38-33(42)36-25-8-5-7-24(34)16-25)19-40(32(21)27)20-30(41)39-17-22-12-13-23(18-39)15-14-22/h2-11,16,22-23,29H,12-15,17-20H2,1H3,(H2,36,38,42)/t22?,23?,29-/m0/s1. The Labute approximate surface area is 254 Å². The van der Waals surface area contributed by atoms with Crippen molar-refractivity contribution in [3.63, 3.8) is 0 Å². The maximum atomic E-state index is 15.2. The van der Waals surface area contributed by atoms with Crippen molar-refractivity contribution < 1.29 is 14.0 Å². The first kappa shape index (κ1) is 28.4. The van der Waals surface area contributed by atoms with Gasteiger partial charge in [0.1, 0.15) is 12.0 Å². The Kier molecular flexibility index (Phi) is 8.29. The predicted octanol–water partition coefficient (Wildman–Crippen LogP) is 6.35. The quantitative estimate of drug-likeness (QED) is 0.344. The molecule has 7 rings (SSSR count). The molecule has 3 amide bonds. The van der Waals surface area contributed by atoms with E-state index in [2.05, 4.69) is 26.6 Å². The van der Waals surface area contributed by atoms with E-state index in [4.69, 9.17) is 4.99 Å². The molecule has 2 N–H and O–H groups in total. The van der Waals surface area contributed by atoms with Crippen LogP contribution in [0.15, 0.2) is 76.2 Å². The molecule has 2 bridgehead atoms. The van der Waals surface area contributed by atoms with Crippen molar-refractivity contribution >= 4 is 45.0 Å². The lowest BCUT2D eigenvalue weighted by Crippen LogP contribution is -2.48. The van der Waals surface area contributed by atoms with Gasteiger partial charge in [-0.3, -0.25) is 9.79 Å². The molecular weight excluding hydrogens is 597 g/mol. The van der Waals surface area contributed by atoms with Crippen LogP contribution in [-0.2, 0) is 4.79 Å². The van der Waals surface area contributed by atoms with Crippen LogP contribution in [0, 0.1) is 24.6 Å². The average Bonchev–Trinajstić information content (AvgIpc) is 3.36. The van der Waals surface area contributed by atoms with Gasteiger partial charge in [0.15, 0.2) is 0 Å². The van der Waals surface area contributed by atoms with Crippen molar-refractivity contribution in [3.8, 4) is 0 Å². The molecule has 1 aliphatic carbocycles. The van der Waals surface area contributed by atoms with E-state index in [1.165, 1.54) is 31.7 Å². The van der Waals surface area contributed by atoms with Crippen LogP contribution in [0.3, 0.4) is 0 Å². The third-order valence-corrected chi connectivity index (χ3v) is 9.09. The largest absolute Gasteiger partial charge is 0.357 e. The first-order valence-electron chi connectivity index (χ1n) is 14.6. The molecule has 3 fully saturated rings. The van der Waals surface area contributed by atoms with E-state index in [0.717, 1.165) is 34.4 Å². The van der Waals surface area contributed by atoms with E-state index in [1.807, 2.05) is 47.1 Å². The van der Waals surface area contributed by atoms with E-state index in [1.54, 1.807) is 30.3 Å². The van der Waals surface area contributed by atoms with Crippen LogP contribution in [-0.4, -0.2) is 54.9 Å². The van der Waals surface area contributed by atoms with Gasteiger partial charge in [-0.15, -0.1) is 0 Å². The summed E-state index contributed by atoms with van der Waals surface area (Å²) in [6, 6.07) is 19.2. The van der Waals surface area contributed by atoms with Crippen LogP contribution in [0.25, 0.3) is 0 Å². The molecule has 1 atom stereocenters. The summed E-state index contributed by atoms with van der Waals surface area (Å²) in [6.45, 7) is 4.01. The smallest absolute Gasteiger partial charge is 0.320 e. The molecule has 42 heavy (non-hydrogen) atoms. The summed E-state index contributed by atoms with van der Waals surface area (Å²) in [5.41, 5.74) is 3.95. The second-order valence-electron chi connectivity index (χ2n) is 11.6. The summed E-state index contributed by atoms with van der Waals surface area (Å²) in [6.07, 6.45) is 4.03. The summed E-state index contributed by atoms with van der Waals surface area (Å²) in [5.74, 6) is 0.816. The van der Waals surface area contributed by atoms with E-state index in [-0.39, 0.29) is 19.0 Å². The molecule has 0 aromatic heterocycles. The molecular formula is C33H35BrFN5O2. The van der Waals surface area contributed by atoms with Crippen molar-refractivity contribution in [2.45, 2.75) is 38.8 Å². The summed E-state index contributed by atoms with van der Waals surface area (Å²) < 4.78 is 16.1. The Hall–Kier alpha value is -3.72. The van der Waals surface area contributed by atoms with Gasteiger partial charge in [-0.1, -0.05) is 52.3 Å². The molecule has 1 saturated carbocycles. The average molecular weight is 633 g/mol. The second kappa shape index (κ2) is 12.3. The molecule has 3 aromatic carbocycles. The van der Waals surface area contributed by atoms with Crippen molar-refractivity contribution in [2.24, 2.45) is 16.8 Å². The van der Waals surface area contributed by atoms with Crippen LogP contribution in [0.1, 0.15) is 42.4 Å². The number of urea groups is 1. The number of benzodiazepines with no additional fused rings is 1. The van der Waals surface area contributed by atoms with Gasteiger partial charge in [0.2, 0.25) is 5.91 Å². The summed E-state index contributed by atoms with van der Waals surface area (Å²) >= 11 is 3.43. The van der Waals surface area contributed by atoms with Crippen LogP contribution in [0.2, 0.25) is 0 Å². The van der Waals surface area contributed by atoms with E-state index < -0.39 is 18.0 Å². The maximum absolute atomic E-state index is 15.2. The highest BCUT2D eigenvalue weighted by Gasteiger charge is 2.34. The molecule has 9 heteroatoms. The number of fused-ring (bicyclic) bond motifs is 5. The topological polar surface area (TPSA) is 77.0 Å². The van der Waals surface area contributed by atoms with Crippen molar-refractivity contribution in [1.29, 1.82) is 0 Å². The Balaban J connectivity index is 1.34. The minimum atomic E-state index is -0.744. The molecule has 3 heterocycles. The number of hydrogen-bond donors (Lipinski definition) is 2. The lowest BCUT2D eigenvalue weighted by molar-refractivity contribution is -0.130. The number of hydrogen-bond acceptors (Lipinski definition) is 4. The third-order valence-electron chi connectivity index (χ3n) is 8.60. The van der Waals surface area contributed by atoms with Gasteiger partial charge >= 0.3 is 6.03 Å². The van der Waals surface area contributed by atoms with Crippen molar-refractivity contribution in [1.82, 2.24) is 10.2 Å². The highest BCUT2D eigenvalue weighted by atomic mass is 79.9. The number of rotatable bonds is 5. The number of halogens is 2. The SMILES string of the molecule is Cc1cccc2c1N(CC(=O)N1CC3CCC(CC3)C1)C[C@H](NC(=O)Nc1cccc(Br)c1)N=C2c1ccccc1F. The second-order valence-corrected chi connectivity index (χ2v) is 12.5. The Morgan fingerprint density at radius 2 is 1.62 bits per heavy atom. The molecule has 0 spiro atoms. The zero-order valence-corrected chi connectivity index (χ0v) is 25.2. The molecule has 0 unspecified atom stereocenters. The number of nitrogens with zero attached hydrogens (tertiary/aromatic N) is 3. The zero-order valence-electron chi connectivity index (χ0n) is 23.7. The highest BCUT2D eigenvalue weighted by molar-refractivity contribution is 9.10. The van der Waals surface area contributed by atoms with Gasteiger partial charge < -0.3 is 20.4 Å². The summed E-state index contributed by atoms with van der Waals surface area (Å²) in [5, 5.41) is 5.84. The fraction of sp³-hybridized carbons (Fsp3) is 0.364. The first-order chi connectivity index (χ1) is 20.3. The minimum absolute atomic E-state index is 0.0784. The maximum Gasteiger partial charge on any atom is 0.320 e. The van der Waals surface area contributed by atoms with Crippen LogP contribution in [0.4, 0.5) is 20.6 Å². The Morgan fingerprint density at radius 3 is 2.33 bits per heavy atom. The predicted molar refractivity (Wildman–Crippen MR) is 168 cm³/mol. The Bertz CT molecular complexity index is 1510. The molecule has 3 aliphatic heterocycles. The normalized spacial score (nSPS) is 21.6. The number of carbonyl (C=O) groups is 2. The molecule has 2 saturated heterocycles. The minimum Gasteiger partial charge on any atom is -0.357 e. The lowest BCUT2D eigenvalue weighted by Gasteiger charge is -2.31. The third kappa shape index (κ3) is 6.21. The fourth-order valence-corrected chi connectivity index (χ4v) is 6.97. The highest BCUT2D eigenvalue weighted by Crippen LogP contribution is 2.35.